The molecule has 0 spiro atoms. The molecule has 1 aromatic heterocycles. The molecule has 1 saturated carbocycles. The highest BCUT2D eigenvalue weighted by Crippen LogP contribution is 2.36. The van der Waals surface area contributed by atoms with Gasteiger partial charge in [0.25, 0.3) is 5.91 Å². The minimum Gasteiger partial charge on any atom is -0.283 e. The summed E-state index contributed by atoms with van der Waals surface area (Å²) in [7, 11) is 0. The van der Waals surface area contributed by atoms with Crippen LogP contribution < -0.4 is 5.43 Å². The van der Waals surface area contributed by atoms with E-state index in [1.807, 2.05) is 41.7 Å². The molecule has 33 heavy (non-hydrogen) atoms. The van der Waals surface area contributed by atoms with Gasteiger partial charge in [0.1, 0.15) is 0 Å². The number of hydrazine groups is 1. The van der Waals surface area contributed by atoms with E-state index >= 15 is 0 Å². The number of rotatable bonds is 5. The minimum absolute atomic E-state index is 0.166. The number of aryl methyl sites for hydroxylation is 1. The third kappa shape index (κ3) is 4.44. The van der Waals surface area contributed by atoms with E-state index in [0.29, 0.717) is 16.6 Å². The fourth-order valence-electron chi connectivity index (χ4n) is 5.21. The zero-order chi connectivity index (χ0) is 22.9. The van der Waals surface area contributed by atoms with E-state index in [0.717, 1.165) is 54.0 Å². The normalized spacial score (nSPS) is 17.1. The third-order valence-electron chi connectivity index (χ3n) is 7.05. The van der Waals surface area contributed by atoms with Crippen molar-refractivity contribution in [2.45, 2.75) is 58.3 Å². The van der Waals surface area contributed by atoms with Gasteiger partial charge >= 0.3 is 0 Å². The summed E-state index contributed by atoms with van der Waals surface area (Å²) in [4.78, 5) is 13.2. The van der Waals surface area contributed by atoms with E-state index in [4.69, 9.17) is 16.7 Å². The Balaban J connectivity index is 1.57. The molecular formula is C27H31ClN4O. The average molecular weight is 463 g/mol. The summed E-state index contributed by atoms with van der Waals surface area (Å²) in [6, 6.07) is 14.7. The molecule has 2 aromatic carbocycles. The lowest BCUT2D eigenvalue weighted by atomic mass is 9.95. The van der Waals surface area contributed by atoms with Crippen LogP contribution in [0.3, 0.4) is 0 Å². The Hall–Kier alpha value is -2.63. The Morgan fingerprint density at radius 3 is 2.36 bits per heavy atom. The lowest BCUT2D eigenvalue weighted by Gasteiger charge is -2.15. The maximum absolute atomic E-state index is 13.2. The van der Waals surface area contributed by atoms with Gasteiger partial charge in [-0.3, -0.25) is 10.2 Å². The standard InChI is InChI=1S/C27H31ClN4O/c1-18-9-14-24(23(28)17-18)32-26(22-12-10-21(11-13-22)20-7-3-4-8-20)19(2)25(29-32)27(33)30-31-15-5-6-16-31/h9-14,17,20H,3-8,15-16H2,1-2H3,(H,30,33). The largest absolute Gasteiger partial charge is 0.286 e. The Labute approximate surface area is 200 Å². The molecule has 3 aromatic rings. The summed E-state index contributed by atoms with van der Waals surface area (Å²) >= 11 is 6.64. The molecule has 2 fully saturated rings. The molecule has 1 amide bonds. The average Bonchev–Trinajstić information content (AvgIpc) is 3.56. The van der Waals surface area contributed by atoms with Crippen molar-refractivity contribution in [3.8, 4) is 16.9 Å². The Kier molecular flexibility index (Phi) is 6.26. The van der Waals surface area contributed by atoms with Gasteiger partial charge in [-0.15, -0.1) is 0 Å². The maximum atomic E-state index is 13.2. The summed E-state index contributed by atoms with van der Waals surface area (Å²) in [5.41, 5.74) is 9.55. The molecule has 6 heteroatoms. The van der Waals surface area contributed by atoms with Crippen molar-refractivity contribution in [1.29, 1.82) is 0 Å². The van der Waals surface area contributed by atoms with Crippen LogP contribution in [0.15, 0.2) is 42.5 Å². The van der Waals surface area contributed by atoms with Crippen molar-refractivity contribution in [3.05, 3.63) is 69.9 Å². The number of halogens is 1. The van der Waals surface area contributed by atoms with Crippen molar-refractivity contribution >= 4 is 17.5 Å². The van der Waals surface area contributed by atoms with Gasteiger partial charge in [0.05, 0.1) is 16.4 Å². The first-order chi connectivity index (χ1) is 16.0. The number of hydrogen-bond acceptors (Lipinski definition) is 3. The van der Waals surface area contributed by atoms with E-state index in [9.17, 15) is 4.79 Å². The molecule has 1 aliphatic carbocycles. The van der Waals surface area contributed by atoms with Gasteiger partial charge in [-0.25, -0.2) is 9.69 Å². The smallest absolute Gasteiger partial charge is 0.283 e. The number of benzene rings is 2. The van der Waals surface area contributed by atoms with E-state index in [2.05, 4.69) is 29.7 Å². The second kappa shape index (κ2) is 9.32. The summed E-state index contributed by atoms with van der Waals surface area (Å²) < 4.78 is 1.83. The fourth-order valence-corrected chi connectivity index (χ4v) is 5.52. The van der Waals surface area contributed by atoms with Crippen molar-refractivity contribution in [2.24, 2.45) is 0 Å². The number of amides is 1. The number of nitrogens with zero attached hydrogens (tertiary/aromatic N) is 3. The van der Waals surface area contributed by atoms with Gasteiger partial charge in [0, 0.05) is 24.2 Å². The number of nitrogens with one attached hydrogen (secondary N) is 1. The fraction of sp³-hybridized carbons (Fsp3) is 0.407. The molecule has 5 nitrogen and oxygen atoms in total. The summed E-state index contributed by atoms with van der Waals surface area (Å²) in [6.07, 6.45) is 7.39. The molecule has 0 unspecified atom stereocenters. The summed E-state index contributed by atoms with van der Waals surface area (Å²) in [6.45, 7) is 5.75. The third-order valence-corrected chi connectivity index (χ3v) is 7.35. The second-order valence-corrected chi connectivity index (χ2v) is 9.83. The number of hydrogen-bond donors (Lipinski definition) is 1. The molecule has 1 aliphatic heterocycles. The topological polar surface area (TPSA) is 50.2 Å². The summed E-state index contributed by atoms with van der Waals surface area (Å²) in [5.74, 6) is 0.499. The van der Waals surface area contributed by atoms with E-state index in [1.54, 1.807) is 0 Å². The van der Waals surface area contributed by atoms with Crippen LogP contribution in [-0.2, 0) is 0 Å². The molecule has 0 bridgehead atoms. The maximum Gasteiger partial charge on any atom is 0.286 e. The van der Waals surface area contributed by atoms with Gasteiger partial charge in [0.2, 0.25) is 0 Å². The van der Waals surface area contributed by atoms with Crippen LogP contribution in [0.25, 0.3) is 16.9 Å². The second-order valence-electron chi connectivity index (χ2n) is 9.43. The van der Waals surface area contributed by atoms with Crippen LogP contribution in [0.2, 0.25) is 5.02 Å². The molecular weight excluding hydrogens is 432 g/mol. The predicted octanol–water partition coefficient (Wildman–Crippen LogP) is 6.21. The van der Waals surface area contributed by atoms with Crippen molar-refractivity contribution in [1.82, 2.24) is 20.2 Å². The number of aromatic nitrogens is 2. The molecule has 0 radical (unpaired) electrons. The molecule has 5 rings (SSSR count). The Bertz CT molecular complexity index is 1160. The van der Waals surface area contributed by atoms with Crippen LogP contribution in [0.5, 0.6) is 0 Å². The quantitative estimate of drug-likeness (QED) is 0.490. The van der Waals surface area contributed by atoms with Crippen LogP contribution >= 0.6 is 11.6 Å². The van der Waals surface area contributed by atoms with Crippen molar-refractivity contribution in [3.63, 3.8) is 0 Å². The highest BCUT2D eigenvalue weighted by molar-refractivity contribution is 6.32. The van der Waals surface area contributed by atoms with Crippen LogP contribution in [-0.4, -0.2) is 33.8 Å². The highest BCUT2D eigenvalue weighted by atomic mass is 35.5. The van der Waals surface area contributed by atoms with Gasteiger partial charge < -0.3 is 0 Å². The van der Waals surface area contributed by atoms with Crippen LogP contribution in [0, 0.1) is 13.8 Å². The minimum atomic E-state index is -0.166. The SMILES string of the molecule is Cc1ccc(-n2nc(C(=O)NN3CCCC3)c(C)c2-c2ccc(C3CCCC3)cc2)c(Cl)c1. The van der Waals surface area contributed by atoms with E-state index in [1.165, 1.54) is 31.2 Å². The first-order valence-corrected chi connectivity index (χ1v) is 12.4. The first-order valence-electron chi connectivity index (χ1n) is 12.0. The van der Waals surface area contributed by atoms with E-state index in [-0.39, 0.29) is 5.91 Å². The zero-order valence-corrected chi connectivity index (χ0v) is 20.2. The number of carbonyl (C=O) groups excluding carboxylic acids is 1. The first kappa shape index (κ1) is 22.2. The van der Waals surface area contributed by atoms with Crippen LogP contribution in [0.4, 0.5) is 0 Å². The molecule has 1 N–H and O–H groups in total. The molecule has 2 aliphatic rings. The van der Waals surface area contributed by atoms with Gasteiger partial charge in [-0.05, 0) is 68.7 Å². The molecule has 2 heterocycles. The molecule has 172 valence electrons. The number of carbonyl (C=O) groups is 1. The molecule has 1 saturated heterocycles. The van der Waals surface area contributed by atoms with Gasteiger partial charge in [0.15, 0.2) is 5.69 Å². The molecule has 0 atom stereocenters. The van der Waals surface area contributed by atoms with Crippen LogP contribution in [0.1, 0.15) is 71.6 Å². The Morgan fingerprint density at radius 2 is 1.70 bits per heavy atom. The lowest BCUT2D eigenvalue weighted by Crippen LogP contribution is -2.40. The van der Waals surface area contributed by atoms with Gasteiger partial charge in [-0.1, -0.05) is 54.8 Å². The summed E-state index contributed by atoms with van der Waals surface area (Å²) in [5, 5.41) is 7.38. The lowest BCUT2D eigenvalue weighted by molar-refractivity contribution is 0.0819. The Morgan fingerprint density at radius 1 is 1.00 bits per heavy atom. The monoisotopic (exact) mass is 462 g/mol. The van der Waals surface area contributed by atoms with Crippen molar-refractivity contribution in [2.75, 3.05) is 13.1 Å². The zero-order valence-electron chi connectivity index (χ0n) is 19.4. The van der Waals surface area contributed by atoms with Gasteiger partial charge in [-0.2, -0.15) is 5.10 Å². The highest BCUT2D eigenvalue weighted by Gasteiger charge is 2.25. The van der Waals surface area contributed by atoms with E-state index < -0.39 is 0 Å². The van der Waals surface area contributed by atoms with Crippen molar-refractivity contribution < 1.29 is 4.79 Å². The predicted molar refractivity (Wildman–Crippen MR) is 133 cm³/mol.